The third-order valence-corrected chi connectivity index (χ3v) is 4.76. The first-order chi connectivity index (χ1) is 16.1. The number of nitrogens with zero attached hydrogens (tertiary/aromatic N) is 6. The number of hydrazone groups is 1. The summed E-state index contributed by atoms with van der Waals surface area (Å²) < 4.78 is 10.7. The highest BCUT2D eigenvalue weighted by Gasteiger charge is 2.17. The number of benzene rings is 2. The normalized spacial score (nSPS) is 13.7. The standard InChI is InChI=1S/C21H22N8O4/c1-32-18-5-3-2-4-15(18)14-22-27-20-24-19(23-16-6-8-17(9-7-16)29(30)31)25-21(26-20)28-10-12-33-13-11-28/h2-9,14H,10-13H2,1H3,(H2,23,24,25,26,27)/b22-14-. The third kappa shape index (κ3) is 5.68. The first-order valence-corrected chi connectivity index (χ1v) is 10.1. The van der Waals surface area contributed by atoms with E-state index in [-0.39, 0.29) is 17.6 Å². The Balaban J connectivity index is 1.57. The van der Waals surface area contributed by atoms with Crippen LogP contribution in [0, 0.1) is 10.1 Å². The number of hydrogen-bond acceptors (Lipinski definition) is 11. The second kappa shape index (κ2) is 10.3. The van der Waals surface area contributed by atoms with E-state index < -0.39 is 4.92 Å². The Labute approximate surface area is 189 Å². The molecule has 0 amide bonds. The van der Waals surface area contributed by atoms with Crippen molar-refractivity contribution in [2.24, 2.45) is 5.10 Å². The molecular formula is C21H22N8O4. The van der Waals surface area contributed by atoms with Crippen molar-refractivity contribution in [3.05, 3.63) is 64.2 Å². The fourth-order valence-electron chi connectivity index (χ4n) is 3.10. The molecule has 2 heterocycles. The summed E-state index contributed by atoms with van der Waals surface area (Å²) in [5, 5.41) is 18.2. The third-order valence-electron chi connectivity index (χ3n) is 4.76. The topological polar surface area (TPSA) is 140 Å². The molecule has 1 saturated heterocycles. The Bertz CT molecular complexity index is 1130. The largest absolute Gasteiger partial charge is 0.496 e. The number of morpholine rings is 1. The number of para-hydroxylation sites is 1. The number of ether oxygens (including phenoxy) is 2. The van der Waals surface area contributed by atoms with Gasteiger partial charge in [-0.3, -0.25) is 10.1 Å². The molecule has 3 aromatic rings. The predicted molar refractivity (Wildman–Crippen MR) is 123 cm³/mol. The van der Waals surface area contributed by atoms with Gasteiger partial charge in [-0.25, -0.2) is 5.43 Å². The fraction of sp³-hybridized carbons (Fsp3) is 0.238. The van der Waals surface area contributed by atoms with E-state index in [1.54, 1.807) is 25.5 Å². The van der Waals surface area contributed by atoms with E-state index in [1.807, 2.05) is 29.2 Å². The highest BCUT2D eigenvalue weighted by atomic mass is 16.6. The van der Waals surface area contributed by atoms with Crippen LogP contribution in [0.3, 0.4) is 0 Å². The van der Waals surface area contributed by atoms with Gasteiger partial charge in [-0.05, 0) is 24.3 Å². The number of nitro groups is 1. The molecule has 4 rings (SSSR count). The lowest BCUT2D eigenvalue weighted by molar-refractivity contribution is -0.384. The van der Waals surface area contributed by atoms with Gasteiger partial charge in [0, 0.05) is 36.5 Å². The first-order valence-electron chi connectivity index (χ1n) is 10.1. The average molecular weight is 450 g/mol. The van der Waals surface area contributed by atoms with Gasteiger partial charge in [-0.1, -0.05) is 12.1 Å². The van der Waals surface area contributed by atoms with Crippen molar-refractivity contribution in [1.82, 2.24) is 15.0 Å². The van der Waals surface area contributed by atoms with E-state index in [9.17, 15) is 10.1 Å². The highest BCUT2D eigenvalue weighted by Crippen LogP contribution is 2.21. The Morgan fingerprint density at radius 1 is 1.09 bits per heavy atom. The van der Waals surface area contributed by atoms with Crippen molar-refractivity contribution in [3.63, 3.8) is 0 Å². The van der Waals surface area contributed by atoms with Crippen LogP contribution in [-0.4, -0.2) is 59.5 Å². The Morgan fingerprint density at radius 2 is 1.82 bits per heavy atom. The maximum absolute atomic E-state index is 10.9. The number of anilines is 4. The minimum atomic E-state index is -0.453. The van der Waals surface area contributed by atoms with Crippen molar-refractivity contribution >= 4 is 35.4 Å². The van der Waals surface area contributed by atoms with Crippen LogP contribution in [0.1, 0.15) is 5.56 Å². The van der Waals surface area contributed by atoms with E-state index >= 15 is 0 Å². The lowest BCUT2D eigenvalue weighted by Crippen LogP contribution is -2.37. The molecule has 0 aliphatic carbocycles. The molecule has 0 spiro atoms. The number of nitrogens with one attached hydrogen (secondary N) is 2. The SMILES string of the molecule is COc1ccccc1/C=N\Nc1nc(Nc2ccc([N+](=O)[O-])cc2)nc(N2CCOCC2)n1. The van der Waals surface area contributed by atoms with Crippen molar-refractivity contribution in [1.29, 1.82) is 0 Å². The van der Waals surface area contributed by atoms with Crippen LogP contribution in [0.4, 0.5) is 29.2 Å². The number of aromatic nitrogens is 3. The number of hydrogen-bond donors (Lipinski definition) is 2. The smallest absolute Gasteiger partial charge is 0.269 e. The number of non-ortho nitro benzene ring substituents is 1. The number of nitro benzene ring substituents is 1. The van der Waals surface area contributed by atoms with Crippen LogP contribution in [0.5, 0.6) is 5.75 Å². The zero-order valence-corrected chi connectivity index (χ0v) is 17.8. The Kier molecular flexibility index (Phi) is 6.85. The molecule has 12 nitrogen and oxygen atoms in total. The van der Waals surface area contributed by atoms with Crippen LogP contribution < -0.4 is 20.4 Å². The summed E-state index contributed by atoms with van der Waals surface area (Å²) in [7, 11) is 1.59. The van der Waals surface area contributed by atoms with Gasteiger partial charge in [0.15, 0.2) is 0 Å². The van der Waals surface area contributed by atoms with Crippen molar-refractivity contribution < 1.29 is 14.4 Å². The maximum Gasteiger partial charge on any atom is 0.269 e. The van der Waals surface area contributed by atoms with Crippen molar-refractivity contribution in [2.45, 2.75) is 0 Å². The molecule has 1 aliphatic heterocycles. The van der Waals surface area contributed by atoms with Crippen LogP contribution in [0.2, 0.25) is 0 Å². The minimum absolute atomic E-state index is 0.00163. The molecular weight excluding hydrogens is 428 g/mol. The van der Waals surface area contributed by atoms with E-state index in [0.29, 0.717) is 43.7 Å². The minimum Gasteiger partial charge on any atom is -0.496 e. The maximum atomic E-state index is 10.9. The van der Waals surface area contributed by atoms with Crippen LogP contribution in [0.15, 0.2) is 53.6 Å². The van der Waals surface area contributed by atoms with Gasteiger partial charge in [0.2, 0.25) is 17.8 Å². The summed E-state index contributed by atoms with van der Waals surface area (Å²) in [4.78, 5) is 25.8. The summed E-state index contributed by atoms with van der Waals surface area (Å²) in [5.41, 5.74) is 4.23. The first kappa shape index (κ1) is 21.9. The van der Waals surface area contributed by atoms with Crippen molar-refractivity contribution in [2.75, 3.05) is 49.1 Å². The number of methoxy groups -OCH3 is 1. The second-order valence-electron chi connectivity index (χ2n) is 6.92. The van der Waals surface area contributed by atoms with Crippen LogP contribution >= 0.6 is 0 Å². The monoisotopic (exact) mass is 450 g/mol. The van der Waals surface area contributed by atoms with Crippen LogP contribution in [-0.2, 0) is 4.74 Å². The molecule has 0 unspecified atom stereocenters. The molecule has 1 aliphatic rings. The van der Waals surface area contributed by atoms with Gasteiger partial charge in [-0.15, -0.1) is 0 Å². The van der Waals surface area contributed by atoms with Gasteiger partial charge in [0.1, 0.15) is 5.75 Å². The van der Waals surface area contributed by atoms with Crippen molar-refractivity contribution in [3.8, 4) is 5.75 Å². The molecule has 1 aromatic heterocycles. The zero-order chi connectivity index (χ0) is 23.0. The quantitative estimate of drug-likeness (QED) is 0.299. The molecule has 0 saturated carbocycles. The summed E-state index contributed by atoms with van der Waals surface area (Å²) in [5.74, 6) is 1.67. The second-order valence-corrected chi connectivity index (χ2v) is 6.92. The van der Waals surface area contributed by atoms with Crippen LogP contribution in [0.25, 0.3) is 0 Å². The summed E-state index contributed by atoms with van der Waals surface area (Å²) in [6.07, 6.45) is 1.61. The predicted octanol–water partition coefficient (Wildman–Crippen LogP) is 2.81. The van der Waals surface area contributed by atoms with Gasteiger partial charge >= 0.3 is 0 Å². The summed E-state index contributed by atoms with van der Waals surface area (Å²) in [6, 6.07) is 13.5. The molecule has 33 heavy (non-hydrogen) atoms. The van der Waals surface area contributed by atoms with Gasteiger partial charge in [-0.2, -0.15) is 20.1 Å². The summed E-state index contributed by atoms with van der Waals surface area (Å²) >= 11 is 0. The molecule has 12 heteroatoms. The number of rotatable bonds is 8. The Hall–Kier alpha value is -4.32. The van der Waals surface area contributed by atoms with Gasteiger partial charge < -0.3 is 19.7 Å². The Morgan fingerprint density at radius 3 is 2.55 bits per heavy atom. The van der Waals surface area contributed by atoms with Gasteiger partial charge in [0.25, 0.3) is 5.69 Å². The fourth-order valence-corrected chi connectivity index (χ4v) is 3.10. The van der Waals surface area contributed by atoms with Gasteiger partial charge in [0.05, 0.1) is 31.5 Å². The average Bonchev–Trinajstić information content (AvgIpc) is 2.85. The molecule has 0 atom stereocenters. The molecule has 2 aromatic carbocycles. The lowest BCUT2D eigenvalue weighted by atomic mass is 10.2. The highest BCUT2D eigenvalue weighted by molar-refractivity contribution is 5.83. The molecule has 170 valence electrons. The van der Waals surface area contributed by atoms with E-state index in [2.05, 4.69) is 30.8 Å². The van der Waals surface area contributed by atoms with E-state index in [4.69, 9.17) is 9.47 Å². The molecule has 0 radical (unpaired) electrons. The van der Waals surface area contributed by atoms with E-state index in [0.717, 1.165) is 5.56 Å². The molecule has 1 fully saturated rings. The molecule has 0 bridgehead atoms. The lowest BCUT2D eigenvalue weighted by Gasteiger charge is -2.27. The summed E-state index contributed by atoms with van der Waals surface area (Å²) in [6.45, 7) is 2.44. The zero-order valence-electron chi connectivity index (χ0n) is 17.8. The van der Waals surface area contributed by atoms with E-state index in [1.165, 1.54) is 12.1 Å². The molecule has 2 N–H and O–H groups in total.